The minimum Gasteiger partial charge on any atom is -0.469 e. The van der Waals surface area contributed by atoms with E-state index in [0.717, 1.165) is 0 Å². The Balaban J connectivity index is 4.56. The SMILES string of the molecule is C=CCN(CC(=O)OCC)CC(C)(C)C(=O)OC. The molecule has 18 heavy (non-hydrogen) atoms. The third kappa shape index (κ3) is 5.82. The van der Waals surface area contributed by atoms with Crippen LogP contribution in [0.2, 0.25) is 0 Å². The fourth-order valence-corrected chi connectivity index (χ4v) is 1.66. The molecular formula is C13H23NO4. The zero-order valence-corrected chi connectivity index (χ0v) is 11.7. The van der Waals surface area contributed by atoms with Gasteiger partial charge in [0.25, 0.3) is 0 Å². The van der Waals surface area contributed by atoms with E-state index in [2.05, 4.69) is 6.58 Å². The van der Waals surface area contributed by atoms with Gasteiger partial charge in [-0.15, -0.1) is 6.58 Å². The van der Waals surface area contributed by atoms with Crippen LogP contribution in [0.4, 0.5) is 0 Å². The van der Waals surface area contributed by atoms with Crippen molar-refractivity contribution in [1.82, 2.24) is 4.90 Å². The molecule has 0 heterocycles. The van der Waals surface area contributed by atoms with Crippen molar-refractivity contribution in [3.05, 3.63) is 12.7 Å². The monoisotopic (exact) mass is 257 g/mol. The summed E-state index contributed by atoms with van der Waals surface area (Å²) in [7, 11) is 1.35. The highest BCUT2D eigenvalue weighted by Gasteiger charge is 2.31. The molecule has 0 bridgehead atoms. The summed E-state index contributed by atoms with van der Waals surface area (Å²) in [6, 6.07) is 0. The molecule has 5 heteroatoms. The van der Waals surface area contributed by atoms with Gasteiger partial charge in [0.05, 0.1) is 25.7 Å². The van der Waals surface area contributed by atoms with Crippen LogP contribution in [-0.4, -0.2) is 50.2 Å². The smallest absolute Gasteiger partial charge is 0.320 e. The molecule has 0 aliphatic carbocycles. The zero-order chi connectivity index (χ0) is 14.2. The first-order valence-corrected chi connectivity index (χ1v) is 5.94. The minimum atomic E-state index is -0.676. The number of carbonyl (C=O) groups is 2. The average molecular weight is 257 g/mol. The maximum absolute atomic E-state index is 11.6. The lowest BCUT2D eigenvalue weighted by Gasteiger charge is -2.29. The second-order valence-electron chi connectivity index (χ2n) is 4.64. The van der Waals surface area contributed by atoms with E-state index in [1.807, 2.05) is 4.90 Å². The van der Waals surface area contributed by atoms with Crippen LogP contribution in [0.25, 0.3) is 0 Å². The Morgan fingerprint density at radius 2 is 2.00 bits per heavy atom. The second-order valence-corrected chi connectivity index (χ2v) is 4.64. The molecule has 0 aromatic carbocycles. The third-order valence-electron chi connectivity index (χ3n) is 2.40. The molecule has 0 aliphatic rings. The van der Waals surface area contributed by atoms with E-state index in [1.54, 1.807) is 26.8 Å². The lowest BCUT2D eigenvalue weighted by Crippen LogP contribution is -2.42. The maximum Gasteiger partial charge on any atom is 0.320 e. The van der Waals surface area contributed by atoms with Gasteiger partial charge in [-0.2, -0.15) is 0 Å². The standard InChI is InChI=1S/C13H23NO4/c1-6-8-14(9-11(15)18-7-2)10-13(3,4)12(16)17-5/h6H,1,7-10H2,2-5H3. The predicted octanol–water partition coefficient (Wildman–Crippen LogP) is 1.24. The molecule has 0 spiro atoms. The minimum absolute atomic E-state index is 0.139. The summed E-state index contributed by atoms with van der Waals surface area (Å²) >= 11 is 0. The van der Waals surface area contributed by atoms with Crippen LogP contribution < -0.4 is 0 Å². The summed E-state index contributed by atoms with van der Waals surface area (Å²) in [5, 5.41) is 0. The average Bonchev–Trinajstić information content (AvgIpc) is 2.27. The fraction of sp³-hybridized carbons (Fsp3) is 0.692. The van der Waals surface area contributed by atoms with Crippen LogP contribution in [0.3, 0.4) is 0 Å². The lowest BCUT2D eigenvalue weighted by atomic mass is 9.93. The molecule has 5 nitrogen and oxygen atoms in total. The van der Waals surface area contributed by atoms with E-state index >= 15 is 0 Å². The largest absolute Gasteiger partial charge is 0.469 e. The molecular weight excluding hydrogens is 234 g/mol. The van der Waals surface area contributed by atoms with Crippen molar-refractivity contribution < 1.29 is 19.1 Å². The van der Waals surface area contributed by atoms with Crippen molar-refractivity contribution in [2.75, 3.05) is 33.4 Å². The second kappa shape index (κ2) is 7.87. The molecule has 0 aromatic rings. The van der Waals surface area contributed by atoms with Crippen LogP contribution in [0.5, 0.6) is 0 Å². The summed E-state index contributed by atoms with van der Waals surface area (Å²) in [5.41, 5.74) is -0.676. The Hall–Kier alpha value is -1.36. The van der Waals surface area contributed by atoms with Crippen LogP contribution >= 0.6 is 0 Å². The molecule has 0 radical (unpaired) electrons. The van der Waals surface area contributed by atoms with Gasteiger partial charge < -0.3 is 9.47 Å². The number of carbonyl (C=O) groups excluding carboxylic acids is 2. The van der Waals surface area contributed by atoms with Gasteiger partial charge in [0.15, 0.2) is 0 Å². The first-order valence-electron chi connectivity index (χ1n) is 5.94. The third-order valence-corrected chi connectivity index (χ3v) is 2.40. The van der Waals surface area contributed by atoms with E-state index in [1.165, 1.54) is 7.11 Å². The van der Waals surface area contributed by atoms with Crippen LogP contribution in [0.1, 0.15) is 20.8 Å². The van der Waals surface area contributed by atoms with E-state index in [9.17, 15) is 9.59 Å². The Bertz CT molecular complexity index is 299. The number of rotatable bonds is 8. The summed E-state index contributed by atoms with van der Waals surface area (Å²) in [6.07, 6.45) is 1.69. The predicted molar refractivity (Wildman–Crippen MR) is 69.1 cm³/mol. The van der Waals surface area contributed by atoms with Crippen molar-refractivity contribution in [2.45, 2.75) is 20.8 Å². The van der Waals surface area contributed by atoms with Crippen molar-refractivity contribution in [3.8, 4) is 0 Å². The van der Waals surface area contributed by atoms with Crippen molar-refractivity contribution >= 4 is 11.9 Å². The van der Waals surface area contributed by atoms with Gasteiger partial charge in [-0.3, -0.25) is 14.5 Å². The number of esters is 2. The Labute approximate surface area is 109 Å². The molecule has 0 N–H and O–H groups in total. The summed E-state index contributed by atoms with van der Waals surface area (Å²) in [5.74, 6) is -0.611. The number of nitrogens with zero attached hydrogens (tertiary/aromatic N) is 1. The maximum atomic E-state index is 11.6. The first-order chi connectivity index (χ1) is 8.37. The van der Waals surface area contributed by atoms with Crippen LogP contribution in [0, 0.1) is 5.41 Å². The molecule has 0 aliphatic heterocycles. The molecule has 0 saturated heterocycles. The van der Waals surface area contributed by atoms with Crippen LogP contribution in [-0.2, 0) is 19.1 Å². The highest BCUT2D eigenvalue weighted by Crippen LogP contribution is 2.18. The Morgan fingerprint density at radius 3 is 2.44 bits per heavy atom. The van der Waals surface area contributed by atoms with Crippen molar-refractivity contribution in [3.63, 3.8) is 0 Å². The van der Waals surface area contributed by atoms with Gasteiger partial charge >= 0.3 is 11.9 Å². The van der Waals surface area contributed by atoms with Crippen molar-refractivity contribution in [2.24, 2.45) is 5.41 Å². The quantitative estimate of drug-likeness (QED) is 0.483. The molecule has 0 aromatic heterocycles. The molecule has 0 unspecified atom stereocenters. The molecule has 0 rings (SSSR count). The van der Waals surface area contributed by atoms with Crippen molar-refractivity contribution in [1.29, 1.82) is 0 Å². The van der Waals surface area contributed by atoms with Gasteiger partial charge in [0.1, 0.15) is 0 Å². The van der Waals surface area contributed by atoms with E-state index in [4.69, 9.17) is 9.47 Å². The van der Waals surface area contributed by atoms with Gasteiger partial charge in [-0.1, -0.05) is 6.08 Å². The number of ether oxygens (including phenoxy) is 2. The number of methoxy groups -OCH3 is 1. The summed E-state index contributed by atoms with van der Waals surface area (Å²) < 4.78 is 9.63. The first kappa shape index (κ1) is 16.6. The lowest BCUT2D eigenvalue weighted by molar-refractivity contribution is -0.153. The highest BCUT2D eigenvalue weighted by molar-refractivity contribution is 5.76. The van der Waals surface area contributed by atoms with E-state index < -0.39 is 5.41 Å². The zero-order valence-electron chi connectivity index (χ0n) is 11.7. The summed E-state index contributed by atoms with van der Waals surface area (Å²) in [4.78, 5) is 24.8. The Morgan fingerprint density at radius 1 is 1.39 bits per heavy atom. The van der Waals surface area contributed by atoms with Crippen LogP contribution in [0.15, 0.2) is 12.7 Å². The highest BCUT2D eigenvalue weighted by atomic mass is 16.5. The topological polar surface area (TPSA) is 55.8 Å². The molecule has 0 saturated carbocycles. The molecule has 0 atom stereocenters. The number of hydrogen-bond donors (Lipinski definition) is 0. The van der Waals surface area contributed by atoms with E-state index in [-0.39, 0.29) is 18.5 Å². The van der Waals surface area contributed by atoms with Gasteiger partial charge in [0, 0.05) is 13.1 Å². The molecule has 0 fully saturated rings. The molecule has 0 amide bonds. The normalized spacial score (nSPS) is 11.2. The molecule has 104 valence electrons. The fourth-order valence-electron chi connectivity index (χ4n) is 1.66. The summed E-state index contributed by atoms with van der Waals surface area (Å²) in [6.45, 7) is 10.4. The van der Waals surface area contributed by atoms with Gasteiger partial charge in [-0.25, -0.2) is 0 Å². The van der Waals surface area contributed by atoms with Gasteiger partial charge in [-0.05, 0) is 20.8 Å². The Kier molecular flexibility index (Phi) is 7.27. The van der Waals surface area contributed by atoms with Gasteiger partial charge in [0.2, 0.25) is 0 Å². The van der Waals surface area contributed by atoms with E-state index in [0.29, 0.717) is 19.7 Å². The number of hydrogen-bond acceptors (Lipinski definition) is 5.